The van der Waals surface area contributed by atoms with E-state index in [1.807, 2.05) is 4.90 Å². The van der Waals surface area contributed by atoms with Crippen molar-refractivity contribution in [2.45, 2.75) is 88.6 Å². The van der Waals surface area contributed by atoms with E-state index in [0.717, 1.165) is 43.2 Å². The summed E-state index contributed by atoms with van der Waals surface area (Å²) in [6, 6.07) is 5.83. The van der Waals surface area contributed by atoms with Crippen molar-refractivity contribution in [2.75, 3.05) is 62.0 Å². The number of fused-ring (bicyclic) bond motifs is 4. The summed E-state index contributed by atoms with van der Waals surface area (Å²) < 4.78 is 72.1. The van der Waals surface area contributed by atoms with Crippen LogP contribution in [0, 0.1) is 12.7 Å². The summed E-state index contributed by atoms with van der Waals surface area (Å²) in [7, 11) is 0. The number of amides is 5. The third-order valence-corrected chi connectivity index (χ3v) is 13.2. The van der Waals surface area contributed by atoms with Crippen LogP contribution in [0.3, 0.4) is 0 Å². The molecule has 0 spiro atoms. The lowest BCUT2D eigenvalue weighted by Crippen LogP contribution is -2.54. The molecule has 4 saturated heterocycles. The van der Waals surface area contributed by atoms with Crippen molar-refractivity contribution in [1.29, 1.82) is 0 Å². The standard InChI is InChI=1S/C45H47ClF4N10O7/c1-22-16-32(51)54-39(36(22)45(48,49)50)35-30(46)18-29-38(37(35)47)56-44(57-40(29)59-19-24-5-6-25(20-59)52-24)67-21-26-4-2-12-58(26)13-3-14-66-15-11-34(62)53-23-7-8-27-28(17-23)43(65)60(42(27)64)31-9-10-33(61)55-41(31)63/h7-8,16-18,24-26,31,52H,2-6,9-15,19-21H2,1H3,(H2,51,54)(H,53,62)(H,55,61,63)/t24?,25?,26-,31?/m0/s1. The van der Waals surface area contributed by atoms with E-state index in [1.54, 1.807) is 0 Å². The number of imide groups is 2. The number of piperazine rings is 1. The van der Waals surface area contributed by atoms with Crippen LogP contribution >= 0.6 is 11.6 Å². The Morgan fingerprint density at radius 2 is 1.75 bits per heavy atom. The highest BCUT2D eigenvalue weighted by molar-refractivity contribution is 6.34. The number of aromatic nitrogens is 3. The number of ether oxygens (including phenoxy) is 2. The smallest absolute Gasteiger partial charge is 0.418 e. The molecule has 5 aliphatic rings. The quantitative estimate of drug-likeness (QED) is 0.0743. The molecule has 22 heteroatoms. The SMILES string of the molecule is Cc1cc(N)nc(-c2c(Cl)cc3c(N4CC5CCC(C4)N5)nc(OC[C@@H]4CCCN4CCCOCCC(=O)Nc4ccc5c(c4)C(=O)N(C4CCC(=O)NC4=O)C5=O)nc3c2F)c1C(F)(F)F. The first kappa shape index (κ1) is 46.1. The number of pyridine rings is 1. The van der Waals surface area contributed by atoms with Gasteiger partial charge in [0.1, 0.15) is 29.8 Å². The first-order chi connectivity index (χ1) is 32.0. The molecule has 67 heavy (non-hydrogen) atoms. The molecule has 2 aromatic carbocycles. The van der Waals surface area contributed by atoms with Crippen LogP contribution in [0.4, 0.5) is 34.9 Å². The third-order valence-electron chi connectivity index (χ3n) is 12.9. The minimum atomic E-state index is -4.89. The van der Waals surface area contributed by atoms with E-state index >= 15 is 4.39 Å². The summed E-state index contributed by atoms with van der Waals surface area (Å²) in [4.78, 5) is 81.1. The van der Waals surface area contributed by atoms with Crippen molar-refractivity contribution in [3.8, 4) is 17.3 Å². The van der Waals surface area contributed by atoms with Crippen LogP contribution in [-0.2, 0) is 25.3 Å². The van der Waals surface area contributed by atoms with E-state index in [-0.39, 0.29) is 101 Å². The summed E-state index contributed by atoms with van der Waals surface area (Å²) in [6.07, 6.45) is -0.607. The summed E-state index contributed by atoms with van der Waals surface area (Å²) >= 11 is 6.65. The number of hydrogen-bond donors (Lipinski definition) is 4. The van der Waals surface area contributed by atoms with Crippen molar-refractivity contribution in [3.05, 3.63) is 63.4 Å². The van der Waals surface area contributed by atoms with Gasteiger partial charge in [0.2, 0.25) is 17.7 Å². The molecule has 0 radical (unpaired) electrons. The normalized spacial score (nSPS) is 21.9. The van der Waals surface area contributed by atoms with Crippen molar-refractivity contribution >= 4 is 69.4 Å². The number of hydrogen-bond acceptors (Lipinski definition) is 14. The topological polar surface area (TPSA) is 214 Å². The fourth-order valence-corrected chi connectivity index (χ4v) is 10.1. The van der Waals surface area contributed by atoms with Crippen molar-refractivity contribution in [3.63, 3.8) is 0 Å². The number of benzene rings is 2. The number of aryl methyl sites for hydroxylation is 1. The number of piperidine rings is 1. The molecule has 5 N–H and O–H groups in total. The van der Waals surface area contributed by atoms with Crippen LogP contribution in [0.2, 0.25) is 5.02 Å². The van der Waals surface area contributed by atoms with Gasteiger partial charge in [-0.05, 0) is 87.9 Å². The van der Waals surface area contributed by atoms with Crippen LogP contribution in [0.5, 0.6) is 6.01 Å². The molecule has 0 aliphatic carbocycles. The number of carbonyl (C=O) groups is 5. The van der Waals surface area contributed by atoms with Crippen molar-refractivity contribution in [2.24, 2.45) is 0 Å². The average molecular weight is 951 g/mol. The second-order valence-electron chi connectivity index (χ2n) is 17.5. The molecule has 4 fully saturated rings. The van der Waals surface area contributed by atoms with E-state index < -0.39 is 58.5 Å². The van der Waals surface area contributed by atoms with Gasteiger partial charge in [-0.15, -0.1) is 0 Å². The zero-order chi connectivity index (χ0) is 47.3. The van der Waals surface area contributed by atoms with E-state index in [4.69, 9.17) is 31.8 Å². The Morgan fingerprint density at radius 3 is 2.49 bits per heavy atom. The molecular weight excluding hydrogens is 904 g/mol. The number of halogens is 5. The molecule has 2 bridgehead atoms. The molecule has 17 nitrogen and oxygen atoms in total. The Balaban J connectivity index is 0.814. The van der Waals surface area contributed by atoms with Crippen LogP contribution in [0.15, 0.2) is 30.3 Å². The largest absolute Gasteiger partial charge is 0.462 e. The fourth-order valence-electron chi connectivity index (χ4n) is 9.85. The summed E-state index contributed by atoms with van der Waals surface area (Å²) in [5, 5.41) is 8.36. The molecule has 4 aromatic rings. The summed E-state index contributed by atoms with van der Waals surface area (Å²) in [6.45, 7) is 4.42. The predicted molar refractivity (Wildman–Crippen MR) is 236 cm³/mol. The van der Waals surface area contributed by atoms with E-state index in [9.17, 15) is 37.1 Å². The van der Waals surface area contributed by atoms with Gasteiger partial charge in [-0.25, -0.2) is 9.37 Å². The Labute approximate surface area is 386 Å². The number of alkyl halides is 3. The van der Waals surface area contributed by atoms with Gasteiger partial charge in [-0.3, -0.25) is 39.1 Å². The second kappa shape index (κ2) is 18.6. The zero-order valence-corrected chi connectivity index (χ0v) is 37.1. The van der Waals surface area contributed by atoms with Gasteiger partial charge < -0.3 is 30.7 Å². The van der Waals surface area contributed by atoms with Gasteiger partial charge in [0.25, 0.3) is 11.8 Å². The number of carbonyl (C=O) groups excluding carboxylic acids is 5. The Morgan fingerprint density at radius 1 is 0.985 bits per heavy atom. The number of rotatable bonds is 14. The Kier molecular flexibility index (Phi) is 12.8. The van der Waals surface area contributed by atoms with Gasteiger partial charge in [0.15, 0.2) is 5.82 Å². The molecular formula is C45H47ClF4N10O7. The summed E-state index contributed by atoms with van der Waals surface area (Å²) in [5.41, 5.74) is 3.37. The monoisotopic (exact) mass is 950 g/mol. The third kappa shape index (κ3) is 9.33. The fraction of sp³-hybridized carbons (Fsp3) is 0.467. The molecule has 2 aromatic heterocycles. The highest BCUT2D eigenvalue weighted by Crippen LogP contribution is 2.45. The van der Waals surface area contributed by atoms with Crippen LogP contribution in [0.25, 0.3) is 22.2 Å². The number of nitrogen functional groups attached to an aromatic ring is 1. The maximum Gasteiger partial charge on any atom is 0.418 e. The predicted octanol–water partition coefficient (Wildman–Crippen LogP) is 5.01. The minimum absolute atomic E-state index is 0.00166. The number of likely N-dealkylation sites (tertiary alicyclic amines) is 1. The molecule has 5 aliphatic heterocycles. The highest BCUT2D eigenvalue weighted by Gasteiger charge is 2.45. The van der Waals surface area contributed by atoms with Crippen molar-refractivity contribution in [1.82, 2.24) is 35.4 Å². The molecule has 3 unspecified atom stereocenters. The number of nitrogens with two attached hydrogens (primary N) is 1. The van der Waals surface area contributed by atoms with Gasteiger partial charge in [0, 0.05) is 61.9 Å². The molecule has 354 valence electrons. The maximum atomic E-state index is 16.9. The van der Waals surface area contributed by atoms with E-state index in [0.29, 0.717) is 44.2 Å². The number of anilines is 3. The Hall–Kier alpha value is -6.03. The first-order valence-electron chi connectivity index (χ1n) is 22.2. The van der Waals surface area contributed by atoms with Gasteiger partial charge in [-0.2, -0.15) is 23.1 Å². The highest BCUT2D eigenvalue weighted by atomic mass is 35.5. The van der Waals surface area contributed by atoms with Crippen LogP contribution in [-0.4, -0.2) is 124 Å². The molecule has 0 saturated carbocycles. The van der Waals surface area contributed by atoms with Gasteiger partial charge in [0.05, 0.1) is 46.0 Å². The number of nitrogens with zero attached hydrogens (tertiary/aromatic N) is 6. The average Bonchev–Trinajstić information content (AvgIpc) is 3.94. The number of nitrogens with one attached hydrogen (secondary N) is 3. The minimum Gasteiger partial charge on any atom is -0.462 e. The van der Waals surface area contributed by atoms with E-state index in [2.05, 4.69) is 30.8 Å². The lowest BCUT2D eigenvalue weighted by Gasteiger charge is -2.34. The molecule has 7 heterocycles. The Bertz CT molecular complexity index is 2680. The maximum absolute atomic E-state index is 16.9. The molecule has 4 atom stereocenters. The molecule has 5 amide bonds. The van der Waals surface area contributed by atoms with Gasteiger partial charge in [-0.1, -0.05) is 11.6 Å². The summed E-state index contributed by atoms with van der Waals surface area (Å²) in [5.74, 6) is -3.84. The first-order valence-corrected chi connectivity index (χ1v) is 22.6. The van der Waals surface area contributed by atoms with Crippen LogP contribution in [0.1, 0.15) is 83.2 Å². The molecule has 9 rings (SSSR count). The second-order valence-corrected chi connectivity index (χ2v) is 17.9. The van der Waals surface area contributed by atoms with E-state index in [1.165, 1.54) is 31.2 Å². The lowest BCUT2D eigenvalue weighted by atomic mass is 9.99. The zero-order valence-electron chi connectivity index (χ0n) is 36.3. The van der Waals surface area contributed by atoms with Crippen molar-refractivity contribution < 1.29 is 51.0 Å². The van der Waals surface area contributed by atoms with Crippen LogP contribution < -0.4 is 31.3 Å². The van der Waals surface area contributed by atoms with Gasteiger partial charge >= 0.3 is 12.2 Å². The lowest BCUT2D eigenvalue weighted by molar-refractivity contribution is -0.138.